The normalized spacial score (nSPS) is 12.0. The number of H-pyrrole nitrogens is 1. The van der Waals surface area contributed by atoms with Crippen molar-refractivity contribution in [3.8, 4) is 5.75 Å². The third-order valence-corrected chi connectivity index (χ3v) is 5.66. The average Bonchev–Trinajstić information content (AvgIpc) is 3.41. The average molecular weight is 391 g/mol. The maximum absolute atomic E-state index is 12.8. The minimum Gasteiger partial charge on any atom is -0.496 e. The maximum atomic E-state index is 12.8. The number of aromatic nitrogens is 1. The van der Waals surface area contributed by atoms with Crippen molar-refractivity contribution in [1.29, 1.82) is 0 Å². The minimum absolute atomic E-state index is 0.0318. The number of benzene rings is 2. The maximum Gasteiger partial charge on any atom is 0.221 e. The number of methoxy groups -OCH3 is 1. The number of ether oxygens (including phenoxy) is 1. The van der Waals surface area contributed by atoms with Crippen LogP contribution in [0.2, 0.25) is 0 Å². The number of thiophene rings is 1. The van der Waals surface area contributed by atoms with Crippen LogP contribution in [0.25, 0.3) is 10.9 Å². The Morgan fingerprint density at radius 1 is 1.14 bits per heavy atom. The Morgan fingerprint density at radius 2 is 2.00 bits per heavy atom. The number of amides is 1. The van der Waals surface area contributed by atoms with Gasteiger partial charge in [-0.1, -0.05) is 36.4 Å². The van der Waals surface area contributed by atoms with E-state index < -0.39 is 0 Å². The zero-order chi connectivity index (χ0) is 19.3. The van der Waals surface area contributed by atoms with Gasteiger partial charge in [0.25, 0.3) is 0 Å². The molecule has 2 aromatic heterocycles. The van der Waals surface area contributed by atoms with E-state index in [0.717, 1.165) is 33.3 Å². The number of rotatable bonds is 7. The lowest BCUT2D eigenvalue weighted by molar-refractivity contribution is -0.121. The predicted octanol–water partition coefficient (Wildman–Crippen LogP) is 5.08. The van der Waals surface area contributed by atoms with Crippen LogP contribution in [-0.4, -0.2) is 18.0 Å². The molecule has 0 saturated carbocycles. The molecule has 0 saturated heterocycles. The summed E-state index contributed by atoms with van der Waals surface area (Å²) in [4.78, 5) is 16.1. The summed E-state index contributed by atoms with van der Waals surface area (Å²) in [6.45, 7) is 0.535. The van der Waals surface area contributed by atoms with Crippen LogP contribution in [-0.2, 0) is 11.3 Å². The van der Waals surface area contributed by atoms with Gasteiger partial charge in [0.2, 0.25) is 5.91 Å². The van der Waals surface area contributed by atoms with Crippen molar-refractivity contribution in [2.24, 2.45) is 0 Å². The SMILES string of the molecule is COc1cccc2[nH]cc([C@H](CC(=O)NCc3ccccc3)c3ccsc3)c12. The van der Waals surface area contributed by atoms with Crippen LogP contribution in [0.15, 0.2) is 71.6 Å². The lowest BCUT2D eigenvalue weighted by Gasteiger charge is -2.16. The fourth-order valence-corrected chi connectivity index (χ4v) is 4.27. The molecular weight excluding hydrogens is 368 g/mol. The Kier molecular flexibility index (Phi) is 5.44. The van der Waals surface area contributed by atoms with E-state index in [1.54, 1.807) is 18.4 Å². The second-order valence-corrected chi connectivity index (χ2v) is 7.48. The van der Waals surface area contributed by atoms with E-state index in [4.69, 9.17) is 4.74 Å². The summed E-state index contributed by atoms with van der Waals surface area (Å²) in [6, 6.07) is 18.0. The second kappa shape index (κ2) is 8.31. The molecule has 4 rings (SSSR count). The summed E-state index contributed by atoms with van der Waals surface area (Å²) in [7, 11) is 1.68. The monoisotopic (exact) mass is 390 g/mol. The van der Waals surface area contributed by atoms with Crippen molar-refractivity contribution in [2.75, 3.05) is 7.11 Å². The Hall–Kier alpha value is -3.05. The molecule has 1 atom stereocenters. The van der Waals surface area contributed by atoms with Gasteiger partial charge in [0, 0.05) is 36.0 Å². The highest BCUT2D eigenvalue weighted by molar-refractivity contribution is 7.08. The number of fused-ring (bicyclic) bond motifs is 1. The fourth-order valence-electron chi connectivity index (χ4n) is 3.56. The number of carbonyl (C=O) groups excluding carboxylic acids is 1. The highest BCUT2D eigenvalue weighted by atomic mass is 32.1. The van der Waals surface area contributed by atoms with Gasteiger partial charge in [-0.3, -0.25) is 4.79 Å². The van der Waals surface area contributed by atoms with Gasteiger partial charge in [-0.15, -0.1) is 0 Å². The van der Waals surface area contributed by atoms with Gasteiger partial charge in [0.05, 0.1) is 7.11 Å². The van der Waals surface area contributed by atoms with Gasteiger partial charge in [0.1, 0.15) is 5.75 Å². The van der Waals surface area contributed by atoms with Crippen LogP contribution < -0.4 is 10.1 Å². The Balaban J connectivity index is 1.61. The molecule has 2 aromatic carbocycles. The lowest BCUT2D eigenvalue weighted by Crippen LogP contribution is -2.24. The van der Waals surface area contributed by atoms with E-state index >= 15 is 0 Å². The van der Waals surface area contributed by atoms with Crippen molar-refractivity contribution in [1.82, 2.24) is 10.3 Å². The molecule has 0 radical (unpaired) electrons. The number of aromatic amines is 1. The summed E-state index contributed by atoms with van der Waals surface area (Å²) in [5.74, 6) is 0.815. The number of hydrogen-bond donors (Lipinski definition) is 2. The Bertz CT molecular complexity index is 1050. The van der Waals surface area contributed by atoms with Crippen LogP contribution in [0.4, 0.5) is 0 Å². The first-order valence-corrected chi connectivity index (χ1v) is 10.2. The molecule has 142 valence electrons. The molecular formula is C23H22N2O2S. The molecule has 0 aliphatic carbocycles. The van der Waals surface area contributed by atoms with Gasteiger partial charge in [-0.2, -0.15) is 11.3 Å². The highest BCUT2D eigenvalue weighted by Crippen LogP contribution is 2.38. The van der Waals surface area contributed by atoms with Crippen molar-refractivity contribution in [3.05, 3.63) is 88.2 Å². The van der Waals surface area contributed by atoms with Crippen LogP contribution >= 0.6 is 11.3 Å². The number of hydrogen-bond acceptors (Lipinski definition) is 3. The van der Waals surface area contributed by atoms with Gasteiger partial charge >= 0.3 is 0 Å². The molecule has 4 nitrogen and oxygen atoms in total. The van der Waals surface area contributed by atoms with E-state index in [0.29, 0.717) is 13.0 Å². The number of nitrogens with one attached hydrogen (secondary N) is 2. The minimum atomic E-state index is -0.0351. The smallest absolute Gasteiger partial charge is 0.221 e. The third kappa shape index (κ3) is 3.80. The summed E-state index contributed by atoms with van der Waals surface area (Å²) >= 11 is 1.64. The van der Waals surface area contributed by atoms with Gasteiger partial charge in [-0.25, -0.2) is 0 Å². The first kappa shape index (κ1) is 18.3. The molecule has 0 bridgehead atoms. The van der Waals surface area contributed by atoms with Gasteiger partial charge < -0.3 is 15.0 Å². The zero-order valence-corrected chi connectivity index (χ0v) is 16.5. The van der Waals surface area contributed by atoms with Gasteiger partial charge in [-0.05, 0) is 45.6 Å². The van der Waals surface area contributed by atoms with Crippen LogP contribution in [0.5, 0.6) is 5.75 Å². The highest BCUT2D eigenvalue weighted by Gasteiger charge is 2.23. The topological polar surface area (TPSA) is 54.1 Å². The third-order valence-electron chi connectivity index (χ3n) is 4.96. The van der Waals surface area contributed by atoms with Crippen molar-refractivity contribution in [2.45, 2.75) is 18.9 Å². The molecule has 5 heteroatoms. The zero-order valence-electron chi connectivity index (χ0n) is 15.6. The molecule has 0 aliphatic heterocycles. The lowest BCUT2D eigenvalue weighted by atomic mass is 9.89. The predicted molar refractivity (Wildman–Crippen MR) is 114 cm³/mol. The first-order chi connectivity index (χ1) is 13.8. The van der Waals surface area contributed by atoms with Crippen molar-refractivity contribution >= 4 is 28.1 Å². The summed E-state index contributed by atoms with van der Waals surface area (Å²) in [6.07, 6.45) is 2.38. The Labute approximate surface area is 168 Å². The Morgan fingerprint density at radius 3 is 2.75 bits per heavy atom. The first-order valence-electron chi connectivity index (χ1n) is 9.23. The molecule has 0 spiro atoms. The van der Waals surface area contributed by atoms with E-state index in [-0.39, 0.29) is 11.8 Å². The molecule has 4 aromatic rings. The molecule has 2 N–H and O–H groups in total. The summed E-state index contributed by atoms with van der Waals surface area (Å²) in [5, 5.41) is 8.26. The standard InChI is InChI=1S/C23H22N2O2S/c1-27-21-9-5-8-20-23(21)19(14-24-20)18(17-10-11-28-15-17)12-22(26)25-13-16-6-3-2-4-7-16/h2-11,14-15,18,24H,12-13H2,1H3,(H,25,26)/t18-/m1/s1. The molecule has 0 unspecified atom stereocenters. The molecule has 28 heavy (non-hydrogen) atoms. The van der Waals surface area contributed by atoms with Crippen molar-refractivity contribution in [3.63, 3.8) is 0 Å². The van der Waals surface area contributed by atoms with Crippen LogP contribution in [0.3, 0.4) is 0 Å². The van der Waals surface area contributed by atoms with Crippen LogP contribution in [0, 0.1) is 0 Å². The van der Waals surface area contributed by atoms with E-state index in [2.05, 4.69) is 27.1 Å². The number of carbonyl (C=O) groups is 1. The summed E-state index contributed by atoms with van der Waals surface area (Å²) in [5.41, 5.74) is 4.34. The quantitative estimate of drug-likeness (QED) is 0.462. The van der Waals surface area contributed by atoms with Gasteiger partial charge in [0.15, 0.2) is 0 Å². The molecule has 1 amide bonds. The van der Waals surface area contributed by atoms with Crippen LogP contribution in [0.1, 0.15) is 29.0 Å². The van der Waals surface area contributed by atoms with E-state index in [1.165, 1.54) is 0 Å². The van der Waals surface area contributed by atoms with Crippen molar-refractivity contribution < 1.29 is 9.53 Å². The summed E-state index contributed by atoms with van der Waals surface area (Å²) < 4.78 is 5.59. The fraction of sp³-hybridized carbons (Fsp3) is 0.174. The van der Waals surface area contributed by atoms with E-state index in [1.807, 2.05) is 54.7 Å². The second-order valence-electron chi connectivity index (χ2n) is 6.70. The largest absolute Gasteiger partial charge is 0.496 e. The molecule has 0 fully saturated rings. The van der Waals surface area contributed by atoms with E-state index in [9.17, 15) is 4.79 Å². The molecule has 0 aliphatic rings. The molecule has 2 heterocycles.